The number of benzene rings is 2. The second kappa shape index (κ2) is 10.1. The van der Waals surface area contributed by atoms with E-state index >= 15 is 0 Å². The molecule has 0 saturated carbocycles. The number of amides is 1. The predicted octanol–water partition coefficient (Wildman–Crippen LogP) is 4.68. The van der Waals surface area contributed by atoms with Gasteiger partial charge < -0.3 is 19.4 Å². The Morgan fingerprint density at radius 2 is 1.97 bits per heavy atom. The fraction of sp³-hybridized carbons (Fsp3) is 0.154. The van der Waals surface area contributed by atoms with Crippen molar-refractivity contribution in [2.45, 2.75) is 19.6 Å². The molecule has 0 saturated heterocycles. The Bertz CT molecular complexity index is 1510. The number of imidazole rings is 1. The maximum atomic E-state index is 13.0. The predicted molar refractivity (Wildman–Crippen MR) is 138 cm³/mol. The van der Waals surface area contributed by atoms with Crippen molar-refractivity contribution in [2.24, 2.45) is 0 Å². The van der Waals surface area contributed by atoms with Gasteiger partial charge in [0.1, 0.15) is 0 Å². The summed E-state index contributed by atoms with van der Waals surface area (Å²) >= 11 is 1.28. The number of hydrogen-bond donors (Lipinski definition) is 3. The molecule has 182 valence electrons. The number of anilines is 2. The van der Waals surface area contributed by atoms with Crippen LogP contribution >= 0.6 is 11.3 Å². The maximum absolute atomic E-state index is 13.0. The molecule has 9 nitrogen and oxygen atoms in total. The molecule has 0 bridgehead atoms. The number of Topliss-reactive ketones (excluding diaryl/α,β-unsaturated/α-hetero) is 1. The first-order valence-electron chi connectivity index (χ1n) is 11.3. The van der Waals surface area contributed by atoms with E-state index in [0.717, 1.165) is 16.1 Å². The molecule has 2 aromatic carbocycles. The topological polar surface area (TPSA) is 122 Å². The van der Waals surface area contributed by atoms with Crippen LogP contribution in [0.2, 0.25) is 0 Å². The number of fused-ring (bicyclic) bond motifs is 1. The van der Waals surface area contributed by atoms with Crippen LogP contribution in [0.5, 0.6) is 0 Å². The lowest BCUT2D eigenvalue weighted by Gasteiger charge is -2.11. The van der Waals surface area contributed by atoms with E-state index in [4.69, 9.17) is 4.42 Å². The molecule has 36 heavy (non-hydrogen) atoms. The van der Waals surface area contributed by atoms with Crippen LogP contribution in [-0.2, 0) is 6.54 Å². The molecule has 1 amide bonds. The van der Waals surface area contributed by atoms with E-state index in [1.165, 1.54) is 17.7 Å². The highest BCUT2D eigenvalue weighted by Crippen LogP contribution is 2.29. The van der Waals surface area contributed by atoms with E-state index in [1.54, 1.807) is 42.0 Å². The normalized spacial score (nSPS) is 11.9. The molecule has 5 aromatic rings. The number of thiophene rings is 1. The highest BCUT2D eigenvalue weighted by atomic mass is 32.1. The van der Waals surface area contributed by atoms with Gasteiger partial charge in [0.25, 0.3) is 5.91 Å². The molecule has 0 unspecified atom stereocenters. The van der Waals surface area contributed by atoms with Crippen molar-refractivity contribution >= 4 is 45.7 Å². The minimum atomic E-state index is -0.654. The van der Waals surface area contributed by atoms with E-state index in [1.807, 2.05) is 36.4 Å². The van der Waals surface area contributed by atoms with Gasteiger partial charge in [0.2, 0.25) is 5.95 Å². The van der Waals surface area contributed by atoms with E-state index in [9.17, 15) is 14.7 Å². The molecule has 10 heteroatoms. The number of aliphatic hydroxyl groups is 1. The minimum Gasteiger partial charge on any atom is -0.443 e. The number of carbonyl (C=O) groups excluding carboxylic acids is 2. The zero-order valence-electron chi connectivity index (χ0n) is 19.3. The van der Waals surface area contributed by atoms with Crippen LogP contribution in [0, 0.1) is 0 Å². The minimum absolute atomic E-state index is 0.0241. The number of oxazole rings is 1. The first-order valence-corrected chi connectivity index (χ1v) is 12.1. The van der Waals surface area contributed by atoms with Crippen LogP contribution in [0.25, 0.3) is 21.7 Å². The summed E-state index contributed by atoms with van der Waals surface area (Å²) in [6, 6.07) is 18.1. The van der Waals surface area contributed by atoms with Crippen LogP contribution in [0.3, 0.4) is 0 Å². The molecule has 0 fully saturated rings. The highest BCUT2D eigenvalue weighted by Gasteiger charge is 2.18. The number of aliphatic hydroxyl groups excluding tert-OH is 1. The number of nitrogens with zero attached hydrogens (tertiary/aromatic N) is 3. The highest BCUT2D eigenvalue weighted by molar-refractivity contribution is 7.17. The lowest BCUT2D eigenvalue weighted by molar-refractivity contribution is 0.100. The summed E-state index contributed by atoms with van der Waals surface area (Å²) in [5.74, 6) is 0.567. The third-order valence-electron chi connectivity index (χ3n) is 5.47. The van der Waals surface area contributed by atoms with E-state index in [0.29, 0.717) is 27.7 Å². The van der Waals surface area contributed by atoms with Gasteiger partial charge in [-0.15, -0.1) is 11.3 Å². The molecule has 3 aromatic heterocycles. The Labute approximate surface area is 210 Å². The van der Waals surface area contributed by atoms with Crippen molar-refractivity contribution in [1.82, 2.24) is 14.5 Å². The first kappa shape index (κ1) is 23.5. The molecular weight excluding hydrogens is 478 g/mol. The third-order valence-corrected chi connectivity index (χ3v) is 6.57. The average molecular weight is 502 g/mol. The molecule has 1 atom stereocenters. The summed E-state index contributed by atoms with van der Waals surface area (Å²) < 4.78 is 7.07. The maximum Gasteiger partial charge on any atom is 0.268 e. The summed E-state index contributed by atoms with van der Waals surface area (Å²) in [6.07, 6.45) is 2.28. The Morgan fingerprint density at radius 1 is 1.14 bits per heavy atom. The number of nitrogens with one attached hydrogen (secondary N) is 2. The smallest absolute Gasteiger partial charge is 0.268 e. The number of carbonyl (C=O) groups is 2. The first-order chi connectivity index (χ1) is 17.5. The van der Waals surface area contributed by atoms with Crippen molar-refractivity contribution in [1.29, 1.82) is 0 Å². The van der Waals surface area contributed by atoms with Gasteiger partial charge in [-0.1, -0.05) is 30.3 Å². The Balaban J connectivity index is 1.36. The number of aromatic nitrogens is 3. The lowest BCUT2D eigenvalue weighted by atomic mass is 10.1. The summed E-state index contributed by atoms with van der Waals surface area (Å²) in [7, 11) is 0. The van der Waals surface area contributed by atoms with Crippen LogP contribution in [0.4, 0.5) is 11.6 Å². The van der Waals surface area contributed by atoms with Crippen molar-refractivity contribution in [3.8, 4) is 10.6 Å². The SMILES string of the molecule is C[C@@H](O)Cn1c(NC(=O)c2ccc(-c3cnco3)s2)nc2cc(NCC(=O)c3ccccc3)ccc21. The molecule has 0 aliphatic carbocycles. The zero-order chi connectivity index (χ0) is 25.1. The van der Waals surface area contributed by atoms with Gasteiger partial charge in [-0.2, -0.15) is 0 Å². The standard InChI is InChI=1S/C26H23N5O4S/c1-16(32)14-31-20-8-7-18(28-12-21(33)17-5-3-2-4-6-17)11-19(20)29-26(31)30-25(34)24-10-9-23(36-24)22-13-27-15-35-22/h2-11,13,15-16,28,32H,12,14H2,1H3,(H,29,30,34)/t16-/m1/s1. The van der Waals surface area contributed by atoms with Crippen LogP contribution in [0.1, 0.15) is 27.0 Å². The van der Waals surface area contributed by atoms with Crippen molar-refractivity contribution < 1.29 is 19.1 Å². The number of hydrogen-bond acceptors (Lipinski definition) is 8. The van der Waals surface area contributed by atoms with Gasteiger partial charge in [0, 0.05) is 11.3 Å². The van der Waals surface area contributed by atoms with Crippen molar-refractivity contribution in [3.63, 3.8) is 0 Å². The van der Waals surface area contributed by atoms with E-state index in [-0.39, 0.29) is 24.8 Å². The molecular formula is C26H23N5O4S. The number of ketones is 1. The molecule has 0 aliphatic heterocycles. The van der Waals surface area contributed by atoms with Crippen molar-refractivity contribution in [3.05, 3.63) is 83.7 Å². The quantitative estimate of drug-likeness (QED) is 0.251. The fourth-order valence-corrected chi connectivity index (χ4v) is 4.64. The largest absolute Gasteiger partial charge is 0.443 e. The van der Waals surface area contributed by atoms with Crippen LogP contribution < -0.4 is 10.6 Å². The molecule has 0 radical (unpaired) electrons. The monoisotopic (exact) mass is 501 g/mol. The Hall–Kier alpha value is -4.28. The van der Waals surface area contributed by atoms with Crippen LogP contribution in [0.15, 0.2) is 77.7 Å². The third kappa shape index (κ3) is 5.04. The fourth-order valence-electron chi connectivity index (χ4n) is 3.79. The van der Waals surface area contributed by atoms with Gasteiger partial charge >= 0.3 is 0 Å². The number of rotatable bonds is 9. The summed E-state index contributed by atoms with van der Waals surface area (Å²) in [4.78, 5) is 35.2. The molecule has 0 spiro atoms. The van der Waals surface area contributed by atoms with Crippen LogP contribution in [-0.4, -0.2) is 44.0 Å². The van der Waals surface area contributed by atoms with Gasteiger partial charge in [-0.05, 0) is 37.3 Å². The summed E-state index contributed by atoms with van der Waals surface area (Å²) in [5.41, 5.74) is 2.73. The second-order valence-electron chi connectivity index (χ2n) is 8.22. The van der Waals surface area contributed by atoms with E-state index < -0.39 is 6.10 Å². The zero-order valence-corrected chi connectivity index (χ0v) is 20.2. The molecule has 3 heterocycles. The summed E-state index contributed by atoms with van der Waals surface area (Å²) in [6.45, 7) is 2.06. The Morgan fingerprint density at radius 3 is 2.72 bits per heavy atom. The lowest BCUT2D eigenvalue weighted by Crippen LogP contribution is -2.18. The van der Waals surface area contributed by atoms with Gasteiger partial charge in [-0.3, -0.25) is 14.9 Å². The van der Waals surface area contributed by atoms with Gasteiger partial charge in [-0.25, -0.2) is 9.97 Å². The molecule has 5 rings (SSSR count). The molecule has 0 aliphatic rings. The average Bonchev–Trinajstić information content (AvgIpc) is 3.63. The molecule has 3 N–H and O–H groups in total. The Kier molecular flexibility index (Phi) is 6.61. The van der Waals surface area contributed by atoms with Gasteiger partial charge in [0.05, 0.1) is 46.2 Å². The summed E-state index contributed by atoms with van der Waals surface area (Å²) in [5, 5.41) is 16.1. The van der Waals surface area contributed by atoms with Crippen molar-refractivity contribution in [2.75, 3.05) is 17.2 Å². The van der Waals surface area contributed by atoms with Gasteiger partial charge in [0.15, 0.2) is 17.9 Å². The second-order valence-corrected chi connectivity index (χ2v) is 9.31. The van der Waals surface area contributed by atoms with E-state index in [2.05, 4.69) is 20.6 Å².